The van der Waals surface area contributed by atoms with Crippen LogP contribution in [0.4, 0.5) is 0 Å². The van der Waals surface area contributed by atoms with E-state index in [1.807, 2.05) is 0 Å². The molecule has 0 radical (unpaired) electrons. The summed E-state index contributed by atoms with van der Waals surface area (Å²) in [6.45, 7) is 3.62. The number of phosphoric acid groups is 1. The van der Waals surface area contributed by atoms with Gasteiger partial charge >= 0.3 is 19.8 Å². The highest BCUT2D eigenvalue weighted by atomic mass is 31.2. The first kappa shape index (κ1) is 79.9. The van der Waals surface area contributed by atoms with Crippen LogP contribution >= 0.6 is 7.82 Å². The first-order chi connectivity index (χ1) is 41.3. The van der Waals surface area contributed by atoms with E-state index in [-0.39, 0.29) is 38.6 Å². The van der Waals surface area contributed by atoms with Gasteiger partial charge in [-0.05, 0) is 103 Å². The van der Waals surface area contributed by atoms with Gasteiger partial charge in [0.1, 0.15) is 6.61 Å². The number of ether oxygens (including phenoxy) is 2. The van der Waals surface area contributed by atoms with Gasteiger partial charge in [0.2, 0.25) is 0 Å². The number of phosphoric ester groups is 1. The molecule has 0 spiro atoms. The van der Waals surface area contributed by atoms with Crippen LogP contribution in [0.3, 0.4) is 0 Å². The van der Waals surface area contributed by atoms with Gasteiger partial charge < -0.3 is 20.1 Å². The monoisotopic (exact) mass is 1190 g/mol. The summed E-state index contributed by atoms with van der Waals surface area (Å²) >= 11 is 0. The van der Waals surface area contributed by atoms with Gasteiger partial charge in [-0.25, -0.2) is 4.57 Å². The molecule has 0 aliphatic rings. The number of carbonyl (C=O) groups excluding carboxylic acids is 2. The second-order valence-corrected chi connectivity index (χ2v) is 23.4. The number of allylic oxidation sites excluding steroid dienone is 24. The van der Waals surface area contributed by atoms with E-state index in [1.54, 1.807) is 0 Å². The first-order valence-electron chi connectivity index (χ1n) is 33.8. The molecule has 2 unspecified atom stereocenters. The lowest BCUT2D eigenvalue weighted by Gasteiger charge is -2.19. The Balaban J connectivity index is 4.02. The Kier molecular flexibility index (Phi) is 64.7. The molecule has 0 rings (SSSR count). The zero-order valence-electron chi connectivity index (χ0n) is 53.6. The van der Waals surface area contributed by atoms with Gasteiger partial charge in [0.15, 0.2) is 6.10 Å². The number of unbranched alkanes of at least 4 members (excludes halogenated alkanes) is 25. The molecular formula is C74H124NO8P. The van der Waals surface area contributed by atoms with Crippen molar-refractivity contribution in [3.05, 3.63) is 146 Å². The lowest BCUT2D eigenvalue weighted by Crippen LogP contribution is -2.29. The van der Waals surface area contributed by atoms with Crippen LogP contribution in [-0.4, -0.2) is 49.3 Å². The Morgan fingerprint density at radius 2 is 0.655 bits per heavy atom. The molecule has 0 aliphatic heterocycles. The highest BCUT2D eigenvalue weighted by Crippen LogP contribution is 2.43. The van der Waals surface area contributed by atoms with Gasteiger partial charge in [0.25, 0.3) is 0 Å². The number of nitrogens with two attached hydrogens (primary N) is 1. The Labute approximate surface area is 516 Å². The maximum Gasteiger partial charge on any atom is 0.472 e. The van der Waals surface area contributed by atoms with E-state index in [1.165, 1.54) is 122 Å². The van der Waals surface area contributed by atoms with Crippen molar-refractivity contribution in [2.75, 3.05) is 26.4 Å². The van der Waals surface area contributed by atoms with Gasteiger partial charge in [-0.15, -0.1) is 0 Å². The molecule has 0 fully saturated rings. The molecule has 0 amide bonds. The molecular weight excluding hydrogens is 1060 g/mol. The highest BCUT2D eigenvalue weighted by molar-refractivity contribution is 7.47. The van der Waals surface area contributed by atoms with E-state index < -0.39 is 26.5 Å². The maximum atomic E-state index is 12.7. The highest BCUT2D eigenvalue weighted by Gasteiger charge is 2.26. The van der Waals surface area contributed by atoms with E-state index in [4.69, 9.17) is 24.3 Å². The van der Waals surface area contributed by atoms with Crippen LogP contribution in [0.1, 0.15) is 277 Å². The number of hydrogen-bond acceptors (Lipinski definition) is 8. The smallest absolute Gasteiger partial charge is 0.462 e. The van der Waals surface area contributed by atoms with E-state index >= 15 is 0 Å². The van der Waals surface area contributed by atoms with Crippen LogP contribution in [0.25, 0.3) is 0 Å². The van der Waals surface area contributed by atoms with Gasteiger partial charge in [-0.1, -0.05) is 307 Å². The maximum absolute atomic E-state index is 12.7. The minimum Gasteiger partial charge on any atom is -0.462 e. The Morgan fingerprint density at radius 3 is 0.976 bits per heavy atom. The van der Waals surface area contributed by atoms with E-state index in [0.717, 1.165) is 122 Å². The third kappa shape index (κ3) is 67.0. The normalized spacial score (nSPS) is 13.9. The predicted octanol–water partition coefficient (Wildman–Crippen LogP) is 22.2. The van der Waals surface area contributed by atoms with Crippen molar-refractivity contribution in [1.29, 1.82) is 0 Å². The summed E-state index contributed by atoms with van der Waals surface area (Å²) < 4.78 is 33.1. The molecule has 0 aromatic heterocycles. The SMILES string of the molecule is CC/C=C\C/C=C\C/C=C\C/C=C\C/C=C\C/C=C\C/C=C\C/C=C\C/C=C\C/C=C\C/C=C\C/C=C\CCCCCCC(=O)OC(COC(=O)CCCCCCCCCCCCCCCCCCCCCCCC)COP(=O)(O)OCCN. The van der Waals surface area contributed by atoms with E-state index in [2.05, 4.69) is 160 Å². The summed E-state index contributed by atoms with van der Waals surface area (Å²) in [6.07, 6.45) is 97.8. The summed E-state index contributed by atoms with van der Waals surface area (Å²) in [4.78, 5) is 35.3. The number of esters is 2. The Bertz CT molecular complexity index is 1890. The lowest BCUT2D eigenvalue weighted by molar-refractivity contribution is -0.161. The molecule has 0 saturated carbocycles. The first-order valence-corrected chi connectivity index (χ1v) is 35.3. The zero-order chi connectivity index (χ0) is 60.9. The van der Waals surface area contributed by atoms with Gasteiger partial charge in [-0.3, -0.25) is 18.6 Å². The van der Waals surface area contributed by atoms with Crippen LogP contribution in [-0.2, 0) is 32.7 Å². The van der Waals surface area contributed by atoms with E-state index in [9.17, 15) is 19.0 Å². The fourth-order valence-electron chi connectivity index (χ4n) is 9.03. The Morgan fingerprint density at radius 1 is 0.369 bits per heavy atom. The molecule has 0 aromatic carbocycles. The largest absolute Gasteiger partial charge is 0.472 e. The van der Waals surface area contributed by atoms with Crippen molar-refractivity contribution in [3.63, 3.8) is 0 Å². The summed E-state index contributed by atoms with van der Waals surface area (Å²) in [7, 11) is -4.41. The molecule has 2 atom stereocenters. The van der Waals surface area contributed by atoms with Crippen LogP contribution in [0.15, 0.2) is 146 Å². The minimum atomic E-state index is -4.41. The topological polar surface area (TPSA) is 134 Å². The standard InChI is InChI=1S/C74H124NO8P/c1-3-5-7-9-11-13-15-17-19-21-23-25-27-28-29-30-31-32-33-34-35-36-37-38-39-40-41-42-43-44-45-47-49-51-53-55-57-59-61-63-65-67-74(77)83-72(71-82-84(78,79)81-69-68-75)70-80-73(76)66-64-62-60-58-56-54-52-50-48-46-26-24-22-20-18-16-14-12-10-8-6-4-2/h5,7,11,13,17,19,23,25,28-29,31-32,34-35,37-38,40-41,43-44,47,49,53,55,72H,3-4,6,8-10,12,14-16,18,20-22,24,26-27,30,33,36,39,42,45-46,48,50-52,54,56-71,75H2,1-2H3,(H,78,79)/b7-5-,13-11-,19-17-,25-23-,29-28-,32-31-,35-34-,38-37-,41-40-,44-43-,49-47-,55-53-. The van der Waals surface area contributed by atoms with Crippen molar-refractivity contribution < 1.29 is 37.6 Å². The second kappa shape index (κ2) is 68.0. The number of carbonyl (C=O) groups is 2. The molecule has 9 nitrogen and oxygen atoms in total. The minimum absolute atomic E-state index is 0.0432. The average Bonchev–Trinajstić information content (AvgIpc) is 3.55. The van der Waals surface area contributed by atoms with Gasteiger partial charge in [0.05, 0.1) is 13.2 Å². The van der Waals surface area contributed by atoms with Crippen molar-refractivity contribution in [2.24, 2.45) is 5.73 Å². The zero-order valence-corrected chi connectivity index (χ0v) is 54.5. The number of rotatable bonds is 62. The molecule has 0 aromatic rings. The lowest BCUT2D eigenvalue weighted by atomic mass is 10.0. The summed E-state index contributed by atoms with van der Waals surface area (Å²) in [5.74, 6) is -0.857. The fourth-order valence-corrected chi connectivity index (χ4v) is 9.80. The molecule has 10 heteroatoms. The van der Waals surface area contributed by atoms with E-state index in [0.29, 0.717) is 6.42 Å². The van der Waals surface area contributed by atoms with Gasteiger partial charge in [-0.2, -0.15) is 0 Å². The number of hydrogen-bond donors (Lipinski definition) is 2. The van der Waals surface area contributed by atoms with Crippen molar-refractivity contribution in [2.45, 2.75) is 283 Å². The molecule has 0 heterocycles. The predicted molar refractivity (Wildman–Crippen MR) is 362 cm³/mol. The van der Waals surface area contributed by atoms with Crippen LogP contribution < -0.4 is 5.73 Å². The third-order valence-electron chi connectivity index (χ3n) is 14.0. The van der Waals surface area contributed by atoms with Crippen molar-refractivity contribution in [1.82, 2.24) is 0 Å². The molecule has 0 saturated heterocycles. The summed E-state index contributed by atoms with van der Waals surface area (Å²) in [5, 5.41) is 0. The van der Waals surface area contributed by atoms with Crippen LogP contribution in [0.2, 0.25) is 0 Å². The third-order valence-corrected chi connectivity index (χ3v) is 15.0. The quantitative estimate of drug-likeness (QED) is 0.0264. The second-order valence-electron chi connectivity index (χ2n) is 22.0. The Hall–Kier alpha value is -4.11. The molecule has 478 valence electrons. The van der Waals surface area contributed by atoms with Crippen LogP contribution in [0, 0.1) is 0 Å². The molecule has 84 heavy (non-hydrogen) atoms. The summed E-state index contributed by atoms with van der Waals surface area (Å²) in [6, 6.07) is 0. The fraction of sp³-hybridized carbons (Fsp3) is 0.649. The molecule has 0 aliphatic carbocycles. The van der Waals surface area contributed by atoms with Crippen molar-refractivity contribution >= 4 is 19.8 Å². The summed E-state index contributed by atoms with van der Waals surface area (Å²) in [5.41, 5.74) is 5.39. The molecule has 3 N–H and O–H groups in total. The average molecular weight is 1190 g/mol. The van der Waals surface area contributed by atoms with Crippen LogP contribution in [0.5, 0.6) is 0 Å². The van der Waals surface area contributed by atoms with Gasteiger partial charge in [0, 0.05) is 19.4 Å². The van der Waals surface area contributed by atoms with Crippen molar-refractivity contribution in [3.8, 4) is 0 Å². The molecule has 0 bridgehead atoms.